The molecule has 0 aromatic heterocycles. The summed E-state index contributed by atoms with van der Waals surface area (Å²) in [5, 5.41) is 0. The number of hydrogen-bond donors (Lipinski definition) is 0. The monoisotopic (exact) mass is 286 g/mol. The quantitative estimate of drug-likeness (QED) is 0.601. The Morgan fingerprint density at radius 2 is 1.90 bits per heavy atom. The zero-order valence-corrected chi connectivity index (χ0v) is 14.0. The van der Waals surface area contributed by atoms with Gasteiger partial charge in [0.15, 0.2) is 5.78 Å². The summed E-state index contributed by atoms with van der Waals surface area (Å²) in [5.41, 5.74) is 2.49. The Hall–Kier alpha value is -0.590. The molecule has 0 spiro atoms. The average molecular weight is 286 g/mol. The minimum atomic E-state index is 0.342. The summed E-state index contributed by atoms with van der Waals surface area (Å²) in [4.78, 5) is 11.9. The number of hydrogen-bond acceptors (Lipinski definition) is 1. The van der Waals surface area contributed by atoms with Crippen LogP contribution in [0.15, 0.2) is 11.6 Å². The van der Waals surface area contributed by atoms with E-state index >= 15 is 0 Å². The van der Waals surface area contributed by atoms with Gasteiger partial charge in [0.1, 0.15) is 0 Å². The van der Waals surface area contributed by atoms with Crippen LogP contribution < -0.4 is 0 Å². The normalized spacial score (nSPS) is 52.7. The first kappa shape index (κ1) is 14.0. The van der Waals surface area contributed by atoms with Crippen LogP contribution in [0.4, 0.5) is 0 Å². The fourth-order valence-electron chi connectivity index (χ4n) is 6.90. The molecule has 0 amide bonds. The molecule has 4 rings (SSSR count). The molecule has 116 valence electrons. The highest BCUT2D eigenvalue weighted by Gasteiger charge is 2.57. The van der Waals surface area contributed by atoms with E-state index < -0.39 is 0 Å². The van der Waals surface area contributed by atoms with Gasteiger partial charge in [-0.2, -0.15) is 0 Å². The van der Waals surface area contributed by atoms with Crippen LogP contribution in [-0.4, -0.2) is 5.78 Å². The third kappa shape index (κ3) is 1.85. The Morgan fingerprint density at radius 1 is 1.10 bits per heavy atom. The second kappa shape index (κ2) is 4.46. The van der Waals surface area contributed by atoms with Gasteiger partial charge in [-0.1, -0.05) is 32.8 Å². The van der Waals surface area contributed by atoms with Gasteiger partial charge in [0.05, 0.1) is 0 Å². The van der Waals surface area contributed by atoms with E-state index in [2.05, 4.69) is 20.8 Å². The molecular formula is C20H30O. The van der Waals surface area contributed by atoms with Crippen LogP contribution in [0.25, 0.3) is 0 Å². The van der Waals surface area contributed by atoms with Crippen LogP contribution >= 0.6 is 0 Å². The maximum atomic E-state index is 11.9. The van der Waals surface area contributed by atoms with Gasteiger partial charge in [-0.05, 0) is 79.1 Å². The van der Waals surface area contributed by atoms with Crippen molar-refractivity contribution in [3.8, 4) is 0 Å². The highest BCUT2D eigenvalue weighted by atomic mass is 16.1. The molecule has 0 aromatic carbocycles. The van der Waals surface area contributed by atoms with Crippen molar-refractivity contribution in [1.29, 1.82) is 0 Å². The number of carbonyl (C=O) groups excluding carboxylic acids is 1. The lowest BCUT2D eigenvalue weighted by Crippen LogP contribution is -2.52. The zero-order chi connectivity index (χ0) is 14.8. The molecule has 0 aliphatic heterocycles. The van der Waals surface area contributed by atoms with Crippen LogP contribution in [0.5, 0.6) is 0 Å². The van der Waals surface area contributed by atoms with E-state index in [0.29, 0.717) is 16.6 Å². The lowest BCUT2D eigenvalue weighted by molar-refractivity contribution is -0.118. The third-order valence-electron chi connectivity index (χ3n) is 8.09. The van der Waals surface area contributed by atoms with Crippen molar-refractivity contribution in [2.45, 2.75) is 72.1 Å². The number of rotatable bonds is 0. The number of carbonyl (C=O) groups is 1. The highest BCUT2D eigenvalue weighted by molar-refractivity contribution is 5.91. The van der Waals surface area contributed by atoms with Crippen LogP contribution in [0.2, 0.25) is 0 Å². The Morgan fingerprint density at radius 3 is 2.71 bits per heavy atom. The number of fused-ring (bicyclic) bond motifs is 5. The maximum absolute atomic E-state index is 11.9. The van der Waals surface area contributed by atoms with Crippen LogP contribution in [0.1, 0.15) is 72.1 Å². The smallest absolute Gasteiger partial charge is 0.155 e. The van der Waals surface area contributed by atoms with E-state index in [9.17, 15) is 4.79 Å². The van der Waals surface area contributed by atoms with Crippen molar-refractivity contribution in [3.05, 3.63) is 11.6 Å². The average Bonchev–Trinajstić information content (AvgIpc) is 2.82. The van der Waals surface area contributed by atoms with E-state index in [1.54, 1.807) is 0 Å². The van der Waals surface area contributed by atoms with Gasteiger partial charge in [0.25, 0.3) is 0 Å². The first-order valence-corrected chi connectivity index (χ1v) is 9.18. The predicted octanol–water partition coefficient (Wildman–Crippen LogP) is 5.15. The molecule has 21 heavy (non-hydrogen) atoms. The largest absolute Gasteiger partial charge is 0.295 e. The molecule has 4 aliphatic rings. The molecule has 0 aromatic rings. The number of ketones is 1. The highest BCUT2D eigenvalue weighted by Crippen LogP contribution is 2.66. The summed E-state index contributed by atoms with van der Waals surface area (Å²) in [5.74, 6) is 3.89. The van der Waals surface area contributed by atoms with Crippen molar-refractivity contribution >= 4 is 5.78 Å². The van der Waals surface area contributed by atoms with Gasteiger partial charge < -0.3 is 0 Å². The standard InChI is InChI=1S/C20H30O/c1-13-11-14-12-15(21)6-10-20(14,3)17-7-9-19(2)8-4-5-16(19)18(13)17/h12-13,16-18H,4-11H2,1-3H3/t13-,16-,17-,18-,19-,20-/m0/s1. The Kier molecular flexibility index (Phi) is 2.98. The Bertz CT molecular complexity index is 504. The van der Waals surface area contributed by atoms with Crippen molar-refractivity contribution in [1.82, 2.24) is 0 Å². The third-order valence-corrected chi connectivity index (χ3v) is 8.09. The molecule has 0 heterocycles. The summed E-state index contributed by atoms with van der Waals surface area (Å²) in [6.45, 7) is 7.54. The molecule has 0 N–H and O–H groups in total. The van der Waals surface area contributed by atoms with E-state index in [4.69, 9.17) is 0 Å². The van der Waals surface area contributed by atoms with E-state index in [-0.39, 0.29) is 0 Å². The van der Waals surface area contributed by atoms with Gasteiger partial charge in [-0.25, -0.2) is 0 Å². The Balaban J connectivity index is 1.74. The fraction of sp³-hybridized carbons (Fsp3) is 0.850. The molecule has 0 unspecified atom stereocenters. The van der Waals surface area contributed by atoms with Gasteiger partial charge in [0.2, 0.25) is 0 Å². The molecular weight excluding hydrogens is 256 g/mol. The summed E-state index contributed by atoms with van der Waals surface area (Å²) in [7, 11) is 0. The van der Waals surface area contributed by atoms with Gasteiger partial charge in [-0.3, -0.25) is 4.79 Å². The van der Waals surface area contributed by atoms with Crippen molar-refractivity contribution < 1.29 is 4.79 Å². The minimum absolute atomic E-state index is 0.342. The molecule has 0 radical (unpaired) electrons. The topological polar surface area (TPSA) is 17.1 Å². The van der Waals surface area contributed by atoms with Gasteiger partial charge >= 0.3 is 0 Å². The summed E-state index contributed by atoms with van der Waals surface area (Å²) < 4.78 is 0. The molecule has 1 heteroatoms. The molecule has 3 fully saturated rings. The molecule has 1 nitrogen and oxygen atoms in total. The van der Waals surface area contributed by atoms with Crippen LogP contribution in [-0.2, 0) is 4.79 Å². The van der Waals surface area contributed by atoms with E-state index in [0.717, 1.165) is 36.5 Å². The van der Waals surface area contributed by atoms with Crippen LogP contribution in [0, 0.1) is 34.5 Å². The molecule has 0 bridgehead atoms. The second-order valence-electron chi connectivity index (χ2n) is 9.11. The van der Waals surface area contributed by atoms with E-state index in [1.165, 1.54) is 44.1 Å². The second-order valence-corrected chi connectivity index (χ2v) is 9.11. The van der Waals surface area contributed by atoms with Crippen molar-refractivity contribution in [2.24, 2.45) is 34.5 Å². The predicted molar refractivity (Wildman–Crippen MR) is 85.9 cm³/mol. The molecule has 6 atom stereocenters. The zero-order valence-electron chi connectivity index (χ0n) is 14.0. The van der Waals surface area contributed by atoms with Crippen molar-refractivity contribution in [2.75, 3.05) is 0 Å². The molecule has 3 saturated carbocycles. The summed E-state index contributed by atoms with van der Waals surface area (Å²) in [6, 6.07) is 0. The lowest BCUT2D eigenvalue weighted by atomic mass is 9.45. The molecule has 0 saturated heterocycles. The lowest BCUT2D eigenvalue weighted by Gasteiger charge is -2.59. The fourth-order valence-corrected chi connectivity index (χ4v) is 6.90. The maximum Gasteiger partial charge on any atom is 0.155 e. The van der Waals surface area contributed by atoms with Gasteiger partial charge in [-0.15, -0.1) is 0 Å². The van der Waals surface area contributed by atoms with Crippen LogP contribution in [0.3, 0.4) is 0 Å². The number of allylic oxidation sites excluding steroid dienone is 1. The minimum Gasteiger partial charge on any atom is -0.295 e. The first-order chi connectivity index (χ1) is 9.94. The Labute approximate surface area is 129 Å². The SMILES string of the molecule is C[C@H]1CC2=CC(=O)CC[C@]2(C)[C@H]2CC[C@]3(C)CCC[C@H]3[C@H]12. The van der Waals surface area contributed by atoms with E-state index in [1.807, 2.05) is 6.08 Å². The summed E-state index contributed by atoms with van der Waals surface area (Å²) >= 11 is 0. The summed E-state index contributed by atoms with van der Waals surface area (Å²) in [6.07, 6.45) is 12.4. The molecule has 4 aliphatic carbocycles. The van der Waals surface area contributed by atoms with Crippen molar-refractivity contribution in [3.63, 3.8) is 0 Å². The van der Waals surface area contributed by atoms with Gasteiger partial charge in [0, 0.05) is 6.42 Å². The first-order valence-electron chi connectivity index (χ1n) is 9.18.